The third-order valence-corrected chi connectivity index (χ3v) is 6.00. The van der Waals surface area contributed by atoms with Crippen molar-refractivity contribution in [3.8, 4) is 0 Å². The first-order chi connectivity index (χ1) is 13.9. The molecule has 0 unspecified atom stereocenters. The van der Waals surface area contributed by atoms with Gasteiger partial charge in [0, 0.05) is 18.8 Å². The molecule has 1 aliphatic carbocycles. The highest BCUT2D eigenvalue weighted by Gasteiger charge is 2.28. The molecule has 0 radical (unpaired) electrons. The van der Waals surface area contributed by atoms with Crippen molar-refractivity contribution in [3.63, 3.8) is 0 Å². The predicted molar refractivity (Wildman–Crippen MR) is 111 cm³/mol. The highest BCUT2D eigenvalue weighted by molar-refractivity contribution is 6.42. The maximum absolute atomic E-state index is 12.7. The van der Waals surface area contributed by atoms with Crippen LogP contribution in [0.3, 0.4) is 0 Å². The van der Waals surface area contributed by atoms with Gasteiger partial charge in [-0.3, -0.25) is 0 Å². The van der Waals surface area contributed by atoms with Crippen LogP contribution in [-0.2, 0) is 13.0 Å². The molecule has 1 fully saturated rings. The lowest BCUT2D eigenvalue weighted by molar-refractivity contribution is 0.0834. The van der Waals surface area contributed by atoms with Crippen molar-refractivity contribution in [1.82, 2.24) is 20.2 Å². The number of fused-ring (bicyclic) bond motifs is 1. The fourth-order valence-corrected chi connectivity index (χ4v) is 3.75. The number of nitrogens with zero attached hydrogens (tertiary/aromatic N) is 3. The van der Waals surface area contributed by atoms with Gasteiger partial charge in [0.15, 0.2) is 0 Å². The average Bonchev–Trinajstić information content (AvgIpc) is 2.68. The van der Waals surface area contributed by atoms with E-state index in [9.17, 15) is 9.90 Å². The Labute approximate surface area is 178 Å². The Morgan fingerprint density at radius 1 is 1.31 bits per heavy atom. The molecule has 0 bridgehead atoms. The molecule has 5 N–H and O–H groups in total. The van der Waals surface area contributed by atoms with Gasteiger partial charge in [-0.25, -0.2) is 14.8 Å². The van der Waals surface area contributed by atoms with E-state index in [1.807, 2.05) is 0 Å². The van der Waals surface area contributed by atoms with E-state index in [4.69, 9.17) is 28.9 Å². The van der Waals surface area contributed by atoms with Gasteiger partial charge in [-0.1, -0.05) is 29.3 Å². The topological polar surface area (TPSA) is 116 Å². The van der Waals surface area contributed by atoms with Crippen molar-refractivity contribution in [1.29, 1.82) is 0 Å². The normalized spacial score (nSPS) is 21.7. The Morgan fingerprint density at radius 2 is 2.10 bits per heavy atom. The highest BCUT2D eigenvalue weighted by atomic mass is 35.5. The van der Waals surface area contributed by atoms with Crippen molar-refractivity contribution in [2.24, 2.45) is 5.73 Å². The molecule has 1 aromatic carbocycles. The number of carbonyl (C=O) groups is 1. The van der Waals surface area contributed by atoms with E-state index in [2.05, 4.69) is 20.6 Å². The number of anilines is 1. The second-order valence-corrected chi connectivity index (χ2v) is 8.22. The molecule has 1 saturated carbocycles. The van der Waals surface area contributed by atoms with Gasteiger partial charge in [-0.2, -0.15) is 0 Å². The zero-order valence-electron chi connectivity index (χ0n) is 15.6. The molecule has 154 valence electrons. The van der Waals surface area contributed by atoms with E-state index in [0.717, 1.165) is 11.3 Å². The minimum atomic E-state index is -0.702. The monoisotopic (exact) mass is 436 g/mol. The second kappa shape index (κ2) is 8.31. The Kier molecular flexibility index (Phi) is 5.78. The number of carbonyl (C=O) groups excluding carboxylic acids is 1. The summed E-state index contributed by atoms with van der Waals surface area (Å²) in [6.45, 7) is 0.928. The quantitative estimate of drug-likeness (QED) is 0.546. The summed E-state index contributed by atoms with van der Waals surface area (Å²) in [4.78, 5) is 23.3. The van der Waals surface area contributed by atoms with Crippen LogP contribution in [0.4, 0.5) is 10.7 Å². The number of hydrogen-bond donors (Lipinski definition) is 4. The first-order valence-corrected chi connectivity index (χ1v) is 10.2. The summed E-state index contributed by atoms with van der Waals surface area (Å²) in [5.74, 6) is 0.524. The Hall–Kier alpha value is -2.13. The molecule has 10 heteroatoms. The number of urea groups is 1. The average molecular weight is 437 g/mol. The molecule has 0 spiro atoms. The number of nitrogens with one attached hydrogen (secondary N) is 2. The molecule has 2 amide bonds. The maximum atomic E-state index is 12.7. The number of nitrogens with two attached hydrogens (primary N) is 1. The summed E-state index contributed by atoms with van der Waals surface area (Å²) < 4.78 is 0. The molecule has 8 nitrogen and oxygen atoms in total. The van der Waals surface area contributed by atoms with E-state index in [1.54, 1.807) is 29.3 Å². The molecule has 2 heterocycles. The molecule has 1 aliphatic heterocycles. The number of halogens is 2. The molecule has 29 heavy (non-hydrogen) atoms. The largest absolute Gasteiger partial charge is 0.393 e. The molecule has 0 saturated heterocycles. The van der Waals surface area contributed by atoms with Gasteiger partial charge in [0.25, 0.3) is 0 Å². The van der Waals surface area contributed by atoms with Crippen molar-refractivity contribution >= 4 is 35.2 Å². The van der Waals surface area contributed by atoms with Crippen LogP contribution in [0, 0.1) is 0 Å². The number of hydrogen-bond acceptors (Lipinski definition) is 6. The van der Waals surface area contributed by atoms with Crippen LogP contribution in [0.25, 0.3) is 0 Å². The fraction of sp³-hybridized carbons (Fsp3) is 0.421. The first kappa shape index (κ1) is 20.2. The number of benzene rings is 1. The predicted octanol–water partition coefficient (Wildman–Crippen LogP) is 2.44. The van der Waals surface area contributed by atoms with E-state index < -0.39 is 6.17 Å². The third kappa shape index (κ3) is 4.56. The molecular formula is C19H22Cl2N6O2. The fourth-order valence-electron chi connectivity index (χ4n) is 3.45. The van der Waals surface area contributed by atoms with Crippen molar-refractivity contribution in [2.45, 2.75) is 44.1 Å². The van der Waals surface area contributed by atoms with Gasteiger partial charge in [0.05, 0.1) is 28.4 Å². The van der Waals surface area contributed by atoms with Crippen LogP contribution < -0.4 is 16.4 Å². The standard InChI is InChI=1S/C19H22Cl2N6O2/c20-14-2-1-10(5-15(14)21)17(22)26-19(29)27-4-3-11-8-23-18(25-16(11)9-27)24-12-6-13(28)7-12/h1-2,5,8,12-13,17,28H,3-4,6-7,9,22H2,(H,26,29)(H,23,24,25)/t12?,13?,17-/m0/s1. The SMILES string of the molecule is N[C@@H](NC(=O)N1CCc2cnc(NC3CC(O)C3)nc2C1)c1ccc(Cl)c(Cl)c1. The molecule has 2 aliphatic rings. The zero-order chi connectivity index (χ0) is 20.5. The summed E-state index contributed by atoms with van der Waals surface area (Å²) in [7, 11) is 0. The van der Waals surface area contributed by atoms with Crippen molar-refractivity contribution < 1.29 is 9.90 Å². The van der Waals surface area contributed by atoms with E-state index in [0.29, 0.717) is 53.9 Å². The van der Waals surface area contributed by atoms with Gasteiger partial charge in [0.1, 0.15) is 6.17 Å². The van der Waals surface area contributed by atoms with Gasteiger partial charge >= 0.3 is 6.03 Å². The van der Waals surface area contributed by atoms with Gasteiger partial charge in [-0.05, 0) is 42.5 Å². The van der Waals surface area contributed by atoms with E-state index in [-0.39, 0.29) is 18.2 Å². The summed E-state index contributed by atoms with van der Waals surface area (Å²) in [6, 6.07) is 4.94. The minimum absolute atomic E-state index is 0.190. The number of amides is 2. The molecule has 1 aromatic heterocycles. The molecule has 1 atom stereocenters. The maximum Gasteiger partial charge on any atom is 0.319 e. The number of rotatable bonds is 4. The summed E-state index contributed by atoms with van der Waals surface area (Å²) in [5, 5.41) is 16.2. The lowest BCUT2D eigenvalue weighted by Crippen LogP contribution is -2.46. The van der Waals surface area contributed by atoms with Gasteiger partial charge in [0.2, 0.25) is 5.95 Å². The number of aromatic nitrogens is 2. The lowest BCUT2D eigenvalue weighted by Gasteiger charge is -2.33. The Morgan fingerprint density at radius 3 is 2.83 bits per heavy atom. The lowest BCUT2D eigenvalue weighted by atomic mass is 9.90. The van der Waals surface area contributed by atoms with Crippen LogP contribution in [-0.4, -0.2) is 44.7 Å². The van der Waals surface area contributed by atoms with Crippen LogP contribution in [0.15, 0.2) is 24.4 Å². The van der Waals surface area contributed by atoms with Crippen LogP contribution in [0.1, 0.15) is 35.8 Å². The van der Waals surface area contributed by atoms with Crippen LogP contribution >= 0.6 is 23.2 Å². The van der Waals surface area contributed by atoms with Crippen molar-refractivity contribution in [2.75, 3.05) is 11.9 Å². The Balaban J connectivity index is 1.39. The van der Waals surface area contributed by atoms with Crippen LogP contribution in [0.2, 0.25) is 10.0 Å². The van der Waals surface area contributed by atoms with Crippen molar-refractivity contribution in [3.05, 3.63) is 51.3 Å². The zero-order valence-corrected chi connectivity index (χ0v) is 17.1. The van der Waals surface area contributed by atoms with Gasteiger partial charge in [-0.15, -0.1) is 0 Å². The first-order valence-electron chi connectivity index (χ1n) is 9.44. The van der Waals surface area contributed by atoms with Crippen LogP contribution in [0.5, 0.6) is 0 Å². The smallest absolute Gasteiger partial charge is 0.319 e. The number of aliphatic hydroxyl groups is 1. The molecular weight excluding hydrogens is 415 g/mol. The number of aliphatic hydroxyl groups excluding tert-OH is 1. The third-order valence-electron chi connectivity index (χ3n) is 5.26. The van der Waals surface area contributed by atoms with E-state index >= 15 is 0 Å². The summed E-state index contributed by atoms with van der Waals surface area (Å²) in [6.07, 6.45) is 2.92. The summed E-state index contributed by atoms with van der Waals surface area (Å²) in [5.41, 5.74) is 8.62. The second-order valence-electron chi connectivity index (χ2n) is 7.40. The molecule has 4 rings (SSSR count). The van der Waals surface area contributed by atoms with Gasteiger partial charge < -0.3 is 26.4 Å². The van der Waals surface area contributed by atoms with E-state index in [1.165, 1.54) is 0 Å². The highest BCUT2D eigenvalue weighted by Crippen LogP contribution is 2.26. The minimum Gasteiger partial charge on any atom is -0.393 e. The molecule has 2 aromatic rings. The Bertz CT molecular complexity index is 922. The summed E-state index contributed by atoms with van der Waals surface area (Å²) >= 11 is 12.0.